The van der Waals surface area contributed by atoms with Gasteiger partial charge >= 0.3 is 0 Å². The first-order valence-corrected chi connectivity index (χ1v) is 8.09. The van der Waals surface area contributed by atoms with Crippen LogP contribution >= 0.6 is 0 Å². The second-order valence-electron chi connectivity index (χ2n) is 5.22. The van der Waals surface area contributed by atoms with Gasteiger partial charge < -0.3 is 10.8 Å². The van der Waals surface area contributed by atoms with Crippen LogP contribution in [0, 0.1) is 11.7 Å². The van der Waals surface area contributed by atoms with E-state index in [1.165, 1.54) is 6.07 Å². The third-order valence-corrected chi connectivity index (χ3v) is 5.02. The van der Waals surface area contributed by atoms with Crippen molar-refractivity contribution in [3.05, 3.63) is 24.0 Å². The highest BCUT2D eigenvalue weighted by Gasteiger charge is 2.23. The van der Waals surface area contributed by atoms with Crippen molar-refractivity contribution in [3.63, 3.8) is 0 Å². The minimum Gasteiger partial charge on any atom is -0.396 e. The summed E-state index contributed by atoms with van der Waals surface area (Å²) in [5, 5.41) is 9.56. The fourth-order valence-corrected chi connectivity index (χ4v) is 3.60. The summed E-state index contributed by atoms with van der Waals surface area (Å²) in [7, 11) is -3.69. The normalized spacial score (nSPS) is 23.7. The van der Waals surface area contributed by atoms with Gasteiger partial charge in [0.25, 0.3) is 0 Å². The Morgan fingerprint density at radius 3 is 2.80 bits per heavy atom. The summed E-state index contributed by atoms with van der Waals surface area (Å²) in [6.07, 6.45) is 2.83. The number of aliphatic hydroxyl groups excluding tert-OH is 1. The number of rotatable bonds is 4. The largest absolute Gasteiger partial charge is 0.396 e. The molecule has 1 saturated carbocycles. The number of nitrogen functional groups attached to an aromatic ring is 1. The van der Waals surface area contributed by atoms with Crippen LogP contribution < -0.4 is 10.5 Å². The van der Waals surface area contributed by atoms with E-state index in [0.29, 0.717) is 6.42 Å². The van der Waals surface area contributed by atoms with Crippen LogP contribution in [0.2, 0.25) is 0 Å². The van der Waals surface area contributed by atoms with Gasteiger partial charge in [0, 0.05) is 6.54 Å². The van der Waals surface area contributed by atoms with Crippen molar-refractivity contribution in [2.45, 2.75) is 36.7 Å². The average Bonchev–Trinajstić information content (AvgIpc) is 2.40. The Balaban J connectivity index is 2.01. The third-order valence-electron chi connectivity index (χ3n) is 3.59. The second kappa shape index (κ2) is 6.07. The first-order valence-electron chi connectivity index (χ1n) is 6.61. The van der Waals surface area contributed by atoms with E-state index in [1.54, 1.807) is 0 Å². The fourth-order valence-electron chi connectivity index (χ4n) is 2.45. The lowest BCUT2D eigenvalue weighted by molar-refractivity contribution is 0.102. The van der Waals surface area contributed by atoms with E-state index in [9.17, 15) is 17.9 Å². The molecule has 1 aliphatic rings. The van der Waals surface area contributed by atoms with Gasteiger partial charge in [-0.1, -0.05) is 6.42 Å². The molecule has 4 N–H and O–H groups in total. The van der Waals surface area contributed by atoms with E-state index in [-0.39, 0.29) is 29.1 Å². The van der Waals surface area contributed by atoms with Crippen LogP contribution in [0.1, 0.15) is 25.7 Å². The van der Waals surface area contributed by atoms with E-state index in [4.69, 9.17) is 5.73 Å². The summed E-state index contributed by atoms with van der Waals surface area (Å²) >= 11 is 0. The van der Waals surface area contributed by atoms with Gasteiger partial charge in [-0.15, -0.1) is 0 Å². The Kier molecular flexibility index (Phi) is 4.62. The number of benzene rings is 1. The van der Waals surface area contributed by atoms with Crippen molar-refractivity contribution in [1.82, 2.24) is 4.72 Å². The zero-order valence-electron chi connectivity index (χ0n) is 11.0. The molecule has 0 bridgehead atoms. The van der Waals surface area contributed by atoms with Crippen LogP contribution in [0.5, 0.6) is 0 Å². The number of hydrogen-bond donors (Lipinski definition) is 3. The monoisotopic (exact) mass is 302 g/mol. The minimum absolute atomic E-state index is 0.0484. The van der Waals surface area contributed by atoms with Crippen LogP contribution in [0.15, 0.2) is 23.1 Å². The van der Waals surface area contributed by atoms with E-state index < -0.39 is 15.8 Å². The molecule has 7 heteroatoms. The van der Waals surface area contributed by atoms with E-state index in [2.05, 4.69) is 4.72 Å². The number of halogens is 1. The lowest BCUT2D eigenvalue weighted by atomic mass is 9.87. The Morgan fingerprint density at radius 2 is 2.15 bits per heavy atom. The quantitative estimate of drug-likeness (QED) is 0.730. The molecule has 0 aromatic heterocycles. The predicted molar refractivity (Wildman–Crippen MR) is 74.0 cm³/mol. The van der Waals surface area contributed by atoms with Crippen LogP contribution in [0.4, 0.5) is 10.1 Å². The molecule has 1 aromatic rings. The molecular weight excluding hydrogens is 283 g/mol. The number of sulfonamides is 1. The van der Waals surface area contributed by atoms with Gasteiger partial charge in [0.15, 0.2) is 0 Å². The SMILES string of the molecule is Nc1cc(S(=O)(=O)NCC2CCCC(O)C2)ccc1F. The molecule has 0 spiro atoms. The van der Waals surface area contributed by atoms with Gasteiger partial charge in [0.2, 0.25) is 10.0 Å². The van der Waals surface area contributed by atoms with Crippen molar-refractivity contribution in [2.75, 3.05) is 12.3 Å². The zero-order chi connectivity index (χ0) is 14.8. The molecular formula is C13H19FN2O3S. The molecule has 5 nitrogen and oxygen atoms in total. The molecule has 1 aliphatic carbocycles. The first kappa shape index (κ1) is 15.2. The summed E-state index contributed by atoms with van der Waals surface area (Å²) in [4.78, 5) is -0.0484. The van der Waals surface area contributed by atoms with Crippen molar-refractivity contribution in [2.24, 2.45) is 5.92 Å². The molecule has 20 heavy (non-hydrogen) atoms. The minimum atomic E-state index is -3.69. The van der Waals surface area contributed by atoms with Gasteiger partial charge in [0.1, 0.15) is 5.82 Å². The summed E-state index contributed by atoms with van der Waals surface area (Å²) < 4.78 is 39.7. The first-order chi connectivity index (χ1) is 9.38. The van der Waals surface area contributed by atoms with Gasteiger partial charge in [-0.05, 0) is 43.4 Å². The fraction of sp³-hybridized carbons (Fsp3) is 0.538. The molecule has 0 radical (unpaired) electrons. The Hall–Kier alpha value is -1.18. The maximum absolute atomic E-state index is 13.0. The lowest BCUT2D eigenvalue weighted by Crippen LogP contribution is -2.33. The van der Waals surface area contributed by atoms with Crippen molar-refractivity contribution < 1.29 is 17.9 Å². The van der Waals surface area contributed by atoms with Gasteiger partial charge in [0.05, 0.1) is 16.7 Å². The number of nitrogens with one attached hydrogen (secondary N) is 1. The molecule has 2 unspecified atom stereocenters. The molecule has 0 heterocycles. The third kappa shape index (κ3) is 3.68. The molecule has 0 amide bonds. The summed E-state index contributed by atoms with van der Waals surface area (Å²) in [5.74, 6) is -0.509. The van der Waals surface area contributed by atoms with Crippen molar-refractivity contribution >= 4 is 15.7 Å². The number of aliphatic hydroxyl groups is 1. The number of anilines is 1. The lowest BCUT2D eigenvalue weighted by Gasteiger charge is -2.25. The second-order valence-corrected chi connectivity index (χ2v) is 6.99. The Morgan fingerprint density at radius 1 is 1.40 bits per heavy atom. The maximum atomic E-state index is 13.0. The Labute approximate surface area is 118 Å². The standard InChI is InChI=1S/C13H19FN2O3S/c14-12-5-4-11(7-13(12)15)20(18,19)16-8-9-2-1-3-10(17)6-9/h4-5,7,9-10,16-17H,1-3,6,8,15H2. The number of nitrogens with two attached hydrogens (primary N) is 1. The van der Waals surface area contributed by atoms with E-state index in [1.807, 2.05) is 0 Å². The Bertz CT molecular complexity index is 577. The van der Waals surface area contributed by atoms with Gasteiger partial charge in [-0.3, -0.25) is 0 Å². The smallest absolute Gasteiger partial charge is 0.240 e. The molecule has 2 atom stereocenters. The van der Waals surface area contributed by atoms with Crippen molar-refractivity contribution in [1.29, 1.82) is 0 Å². The summed E-state index contributed by atoms with van der Waals surface area (Å²) in [5.41, 5.74) is 5.18. The molecule has 1 fully saturated rings. The molecule has 1 aromatic carbocycles. The van der Waals surface area contributed by atoms with E-state index in [0.717, 1.165) is 31.4 Å². The molecule has 112 valence electrons. The predicted octanol–water partition coefficient (Wildman–Crippen LogP) is 1.24. The van der Waals surface area contributed by atoms with E-state index >= 15 is 0 Å². The number of hydrogen-bond acceptors (Lipinski definition) is 4. The van der Waals surface area contributed by atoms with Crippen LogP contribution in [0.3, 0.4) is 0 Å². The van der Waals surface area contributed by atoms with Gasteiger partial charge in [-0.2, -0.15) is 0 Å². The topological polar surface area (TPSA) is 92.4 Å². The highest BCUT2D eigenvalue weighted by atomic mass is 32.2. The highest BCUT2D eigenvalue weighted by Crippen LogP contribution is 2.24. The van der Waals surface area contributed by atoms with Crippen LogP contribution in [-0.2, 0) is 10.0 Å². The zero-order valence-corrected chi connectivity index (χ0v) is 11.9. The van der Waals surface area contributed by atoms with Crippen molar-refractivity contribution in [3.8, 4) is 0 Å². The molecule has 0 aliphatic heterocycles. The highest BCUT2D eigenvalue weighted by molar-refractivity contribution is 7.89. The van der Waals surface area contributed by atoms with Gasteiger partial charge in [-0.25, -0.2) is 17.5 Å². The summed E-state index contributed by atoms with van der Waals surface area (Å²) in [6.45, 7) is 0.274. The summed E-state index contributed by atoms with van der Waals surface area (Å²) in [6, 6.07) is 3.32. The molecule has 2 rings (SSSR count). The van der Waals surface area contributed by atoms with Crippen LogP contribution in [0.25, 0.3) is 0 Å². The average molecular weight is 302 g/mol. The molecule has 0 saturated heterocycles. The maximum Gasteiger partial charge on any atom is 0.240 e. The van der Waals surface area contributed by atoms with Crippen LogP contribution in [-0.4, -0.2) is 26.2 Å².